The lowest BCUT2D eigenvalue weighted by Crippen LogP contribution is -2.15. The summed E-state index contributed by atoms with van der Waals surface area (Å²) in [4.78, 5) is 0. The van der Waals surface area contributed by atoms with Gasteiger partial charge in [-0.2, -0.15) is 0 Å². The molecular formula is C73H90. The molecule has 0 heterocycles. The van der Waals surface area contributed by atoms with Gasteiger partial charge >= 0.3 is 0 Å². The van der Waals surface area contributed by atoms with E-state index in [0.29, 0.717) is 0 Å². The molecule has 0 amide bonds. The first-order valence-electron chi connectivity index (χ1n) is 26.4. The van der Waals surface area contributed by atoms with Gasteiger partial charge in [0.1, 0.15) is 0 Å². The zero-order chi connectivity index (χ0) is 54.7. The van der Waals surface area contributed by atoms with Gasteiger partial charge in [0.2, 0.25) is 0 Å². The van der Waals surface area contributed by atoms with Crippen LogP contribution < -0.4 is 0 Å². The van der Waals surface area contributed by atoms with Crippen LogP contribution in [-0.4, -0.2) is 0 Å². The monoisotopic (exact) mass is 967 g/mol. The van der Waals surface area contributed by atoms with E-state index < -0.39 is 0 Å². The van der Waals surface area contributed by atoms with Crippen molar-refractivity contribution in [2.75, 3.05) is 0 Å². The molecule has 2 aliphatic rings. The summed E-state index contributed by atoms with van der Waals surface area (Å²) in [6.45, 7) is 49.3. The van der Waals surface area contributed by atoms with E-state index in [0.717, 1.165) is 5.57 Å². The van der Waals surface area contributed by atoms with E-state index in [1.165, 1.54) is 119 Å². The standard InChI is InChI=1S/C21H22.C15H22.2C13H12.C7H10.2C2H6/c1-7-15-14(4)12-19-20(16(15)8-2)17-10-9-13(3)11-18(17)21(19,5)6;1-6-11(2)13(4)14(5)15-10-8-7-9-12(15)3;1-11-6-5-9-13(10-11)12-7-3-2-4-8-12;1-11-7-9-13(10-8-11)12-5-3-2-4-6-12;1-4-6-7(3)5-2;2*1-2/h7-12H,1-2H2,3-6H3;6-7,9H,8,10H2,1-5H3;2*2-10H,1H3;4-6H,1-2H2,3H3;2*1-2H3/b;11-6-,14-13+;;;7-6-;;. The number of benzene rings is 6. The summed E-state index contributed by atoms with van der Waals surface area (Å²) in [6.07, 6.45) is 18.5. The SMILES string of the molecule is C/C=C(C)\C(C)=C(/C)C1=C(C)C=CCC1.C=C/C=C(/C)C=C.C=Cc1c(C)cc2c(c1C=C)-c1ccc(C)cc1C2(C)C.CC.CC.Cc1ccc(-c2ccccc2)cc1.Cc1cccc(-c2ccccc2)c1. The van der Waals surface area contributed by atoms with E-state index in [2.05, 4.69) is 242 Å². The van der Waals surface area contributed by atoms with Crippen molar-refractivity contribution in [3.05, 3.63) is 274 Å². The summed E-state index contributed by atoms with van der Waals surface area (Å²) in [5.74, 6) is 0. The molecule has 0 unspecified atom stereocenters. The molecule has 0 bridgehead atoms. The van der Waals surface area contributed by atoms with Crippen LogP contribution in [-0.2, 0) is 5.41 Å². The van der Waals surface area contributed by atoms with Gasteiger partial charge in [0, 0.05) is 5.41 Å². The molecule has 0 atom stereocenters. The molecule has 0 spiro atoms. The molecule has 382 valence electrons. The van der Waals surface area contributed by atoms with Crippen LogP contribution >= 0.6 is 0 Å². The Morgan fingerprint density at radius 1 is 0.548 bits per heavy atom. The lowest BCUT2D eigenvalue weighted by atomic mass is 9.80. The molecule has 2 aliphatic carbocycles. The highest BCUT2D eigenvalue weighted by Crippen LogP contribution is 2.52. The smallest absolute Gasteiger partial charge is 0.0159 e. The number of hydrogen-bond donors (Lipinski definition) is 0. The van der Waals surface area contributed by atoms with E-state index in [9.17, 15) is 0 Å². The van der Waals surface area contributed by atoms with Crippen LogP contribution in [0.1, 0.15) is 140 Å². The van der Waals surface area contributed by atoms with E-state index in [1.54, 1.807) is 12.2 Å². The highest BCUT2D eigenvalue weighted by Gasteiger charge is 2.37. The summed E-state index contributed by atoms with van der Waals surface area (Å²) in [5, 5.41) is 0. The lowest BCUT2D eigenvalue weighted by Gasteiger charge is -2.23. The Kier molecular flexibility index (Phi) is 27.3. The van der Waals surface area contributed by atoms with Gasteiger partial charge in [-0.3, -0.25) is 0 Å². The van der Waals surface area contributed by atoms with Crippen LogP contribution in [0.5, 0.6) is 0 Å². The fourth-order valence-corrected chi connectivity index (χ4v) is 8.76. The summed E-state index contributed by atoms with van der Waals surface area (Å²) >= 11 is 0. The molecule has 0 aromatic heterocycles. The average molecular weight is 968 g/mol. The molecule has 0 radical (unpaired) electrons. The molecule has 0 saturated heterocycles. The number of rotatable bonds is 8. The van der Waals surface area contributed by atoms with Crippen LogP contribution in [0.3, 0.4) is 0 Å². The van der Waals surface area contributed by atoms with Gasteiger partial charge < -0.3 is 0 Å². The van der Waals surface area contributed by atoms with Crippen LogP contribution in [0.2, 0.25) is 0 Å². The minimum atomic E-state index is 0.0406. The van der Waals surface area contributed by atoms with Gasteiger partial charge in [-0.15, -0.1) is 0 Å². The molecule has 6 aromatic carbocycles. The summed E-state index contributed by atoms with van der Waals surface area (Å²) in [5.41, 5.74) is 26.7. The fourth-order valence-electron chi connectivity index (χ4n) is 8.76. The molecule has 0 nitrogen and oxygen atoms in total. The third kappa shape index (κ3) is 17.9. The van der Waals surface area contributed by atoms with Crippen LogP contribution in [0.15, 0.2) is 230 Å². The van der Waals surface area contributed by atoms with Crippen molar-refractivity contribution in [2.24, 2.45) is 0 Å². The van der Waals surface area contributed by atoms with Gasteiger partial charge in [0.25, 0.3) is 0 Å². The minimum absolute atomic E-state index is 0.0406. The highest BCUT2D eigenvalue weighted by atomic mass is 14.4. The van der Waals surface area contributed by atoms with Crippen molar-refractivity contribution in [2.45, 2.75) is 129 Å². The first-order valence-corrected chi connectivity index (χ1v) is 26.4. The van der Waals surface area contributed by atoms with E-state index in [-0.39, 0.29) is 5.41 Å². The minimum Gasteiger partial charge on any atom is -0.0991 e. The summed E-state index contributed by atoms with van der Waals surface area (Å²) in [7, 11) is 0. The molecule has 0 fully saturated rings. The maximum atomic E-state index is 4.05. The molecule has 0 N–H and O–H groups in total. The molecule has 0 saturated carbocycles. The van der Waals surface area contributed by atoms with E-state index in [1.807, 2.05) is 65.0 Å². The molecular weight excluding hydrogens is 877 g/mol. The van der Waals surface area contributed by atoms with Crippen molar-refractivity contribution < 1.29 is 0 Å². The maximum absolute atomic E-state index is 4.05. The van der Waals surface area contributed by atoms with Crippen molar-refractivity contribution >= 4 is 12.2 Å². The number of fused-ring (bicyclic) bond motifs is 3. The summed E-state index contributed by atoms with van der Waals surface area (Å²) in [6, 6.07) is 47.1. The van der Waals surface area contributed by atoms with Crippen molar-refractivity contribution in [1.82, 2.24) is 0 Å². The number of allylic oxidation sites excluding steroid dienone is 12. The second-order valence-corrected chi connectivity index (χ2v) is 18.7. The third-order valence-corrected chi connectivity index (χ3v) is 13.2. The number of aryl methyl sites for hydroxylation is 4. The average Bonchev–Trinajstić information content (AvgIpc) is 3.64. The second-order valence-electron chi connectivity index (χ2n) is 18.7. The Hall–Kier alpha value is -7.02. The maximum Gasteiger partial charge on any atom is 0.0159 e. The van der Waals surface area contributed by atoms with Gasteiger partial charge in [-0.1, -0.05) is 278 Å². The Morgan fingerprint density at radius 2 is 1.07 bits per heavy atom. The molecule has 73 heavy (non-hydrogen) atoms. The Morgan fingerprint density at radius 3 is 1.56 bits per heavy atom. The quantitative estimate of drug-likeness (QED) is 0.133. The first kappa shape index (κ1) is 62.1. The van der Waals surface area contributed by atoms with Crippen molar-refractivity contribution in [3.8, 4) is 33.4 Å². The normalized spacial score (nSPS) is 12.9. The Balaban J connectivity index is 0.000000317. The van der Waals surface area contributed by atoms with Crippen LogP contribution in [0.4, 0.5) is 0 Å². The zero-order valence-corrected chi connectivity index (χ0v) is 48.1. The van der Waals surface area contributed by atoms with Gasteiger partial charge in [-0.05, 0) is 166 Å². The highest BCUT2D eigenvalue weighted by molar-refractivity contribution is 5.91. The van der Waals surface area contributed by atoms with Crippen molar-refractivity contribution in [1.29, 1.82) is 0 Å². The summed E-state index contributed by atoms with van der Waals surface area (Å²) < 4.78 is 0. The molecule has 8 rings (SSSR count). The number of hydrogen-bond acceptors (Lipinski definition) is 0. The second kappa shape index (κ2) is 32.1. The molecule has 0 heteroatoms. The van der Waals surface area contributed by atoms with Crippen molar-refractivity contribution in [3.63, 3.8) is 0 Å². The van der Waals surface area contributed by atoms with Gasteiger partial charge in [0.15, 0.2) is 0 Å². The van der Waals surface area contributed by atoms with Crippen LogP contribution in [0, 0.1) is 27.7 Å². The molecule has 0 aliphatic heterocycles. The predicted molar refractivity (Wildman–Crippen MR) is 333 cm³/mol. The lowest BCUT2D eigenvalue weighted by molar-refractivity contribution is 0.659. The van der Waals surface area contributed by atoms with Crippen LogP contribution in [0.25, 0.3) is 45.5 Å². The van der Waals surface area contributed by atoms with Gasteiger partial charge in [-0.25, -0.2) is 0 Å². The van der Waals surface area contributed by atoms with E-state index in [4.69, 9.17) is 0 Å². The third-order valence-electron chi connectivity index (χ3n) is 13.2. The Labute approximate surface area is 446 Å². The predicted octanol–water partition coefficient (Wildman–Crippen LogP) is 22.5. The fraction of sp³-hybridized carbons (Fsp3) is 0.260. The zero-order valence-electron chi connectivity index (χ0n) is 48.1. The topological polar surface area (TPSA) is 0 Å². The van der Waals surface area contributed by atoms with E-state index >= 15 is 0 Å². The Bertz CT molecular complexity index is 2860. The molecule has 6 aromatic rings. The first-order chi connectivity index (χ1) is 35.0. The largest absolute Gasteiger partial charge is 0.0991 e. The van der Waals surface area contributed by atoms with Gasteiger partial charge in [0.05, 0.1) is 0 Å².